The van der Waals surface area contributed by atoms with Crippen LogP contribution in [0.4, 0.5) is 0 Å². The van der Waals surface area contributed by atoms with Crippen molar-refractivity contribution in [1.29, 1.82) is 0 Å². The lowest BCUT2D eigenvalue weighted by Crippen LogP contribution is -2.17. The first-order chi connectivity index (χ1) is 12.1. The van der Waals surface area contributed by atoms with Gasteiger partial charge in [0, 0.05) is 16.1 Å². The summed E-state index contributed by atoms with van der Waals surface area (Å²) in [4.78, 5) is 12.4. The normalized spacial score (nSPS) is 15.4. The Morgan fingerprint density at radius 1 is 1.24 bits per heavy atom. The highest BCUT2D eigenvalue weighted by molar-refractivity contribution is 8.26. The minimum atomic E-state index is -0.213. The molecule has 7 heteroatoms. The molecule has 1 aliphatic heterocycles. The molecule has 3 rings (SSSR count). The molecule has 1 saturated heterocycles. The van der Waals surface area contributed by atoms with Crippen LogP contribution in [0.25, 0.3) is 6.08 Å². The number of carbonyl (C=O) groups excluding carboxylic acids is 1. The zero-order valence-corrected chi connectivity index (χ0v) is 15.6. The second kappa shape index (κ2) is 7.91. The second-order valence-corrected chi connectivity index (χ2v) is 7.24. The molecule has 0 saturated carbocycles. The average molecular weight is 392 g/mol. The average Bonchev–Trinajstić information content (AvgIpc) is 2.92. The first-order valence-corrected chi connectivity index (χ1v) is 8.97. The predicted molar refractivity (Wildman–Crippen MR) is 105 cm³/mol. The van der Waals surface area contributed by atoms with E-state index in [0.29, 0.717) is 25.7 Å². The largest absolute Gasteiger partial charge is 0.493 e. The molecular formula is C18H14ClNO3S2. The molecule has 2 aromatic carbocycles. The van der Waals surface area contributed by atoms with Crippen LogP contribution in [0, 0.1) is 0 Å². The monoisotopic (exact) mass is 391 g/mol. The van der Waals surface area contributed by atoms with Crippen molar-refractivity contribution in [2.45, 2.75) is 6.61 Å². The van der Waals surface area contributed by atoms with Crippen molar-refractivity contribution in [3.05, 3.63) is 63.5 Å². The second-order valence-electron chi connectivity index (χ2n) is 5.11. The van der Waals surface area contributed by atoms with E-state index in [4.69, 9.17) is 33.3 Å². The third-order valence-electron chi connectivity index (χ3n) is 3.49. The molecule has 1 amide bonds. The van der Waals surface area contributed by atoms with Gasteiger partial charge in [0.1, 0.15) is 10.9 Å². The van der Waals surface area contributed by atoms with Crippen LogP contribution in [-0.4, -0.2) is 17.3 Å². The summed E-state index contributed by atoms with van der Waals surface area (Å²) in [5.74, 6) is 0.908. The fourth-order valence-corrected chi connectivity index (χ4v) is 3.51. The van der Waals surface area contributed by atoms with Gasteiger partial charge in [0.05, 0.1) is 12.0 Å². The number of para-hydroxylation sites is 1. The molecule has 0 aliphatic carbocycles. The van der Waals surface area contributed by atoms with Gasteiger partial charge in [-0.25, -0.2) is 0 Å². The van der Waals surface area contributed by atoms with E-state index in [1.807, 2.05) is 36.4 Å². The third-order valence-corrected chi connectivity index (χ3v) is 5.02. The first-order valence-electron chi connectivity index (χ1n) is 7.36. The lowest BCUT2D eigenvalue weighted by Gasteiger charge is -2.14. The summed E-state index contributed by atoms with van der Waals surface area (Å²) < 4.78 is 11.8. The molecule has 1 N–H and O–H groups in total. The maximum atomic E-state index is 11.9. The summed E-state index contributed by atoms with van der Waals surface area (Å²) in [6.45, 7) is 0.286. The van der Waals surface area contributed by atoms with E-state index in [2.05, 4.69) is 5.32 Å². The molecule has 1 aliphatic rings. The standard InChI is InChI=1S/C18H14ClNO3S2/c1-22-14-8-4-6-11(9-15-17(21)20-18(24)25-15)16(14)23-10-12-5-2-3-7-13(12)19/h2-9H,10H2,1H3,(H,20,21,24)/b15-9-. The number of thioether (sulfide) groups is 1. The van der Waals surface area contributed by atoms with Crippen LogP contribution in [-0.2, 0) is 11.4 Å². The highest BCUT2D eigenvalue weighted by Gasteiger charge is 2.23. The van der Waals surface area contributed by atoms with E-state index in [1.54, 1.807) is 19.3 Å². The molecule has 1 heterocycles. The van der Waals surface area contributed by atoms with E-state index in [0.717, 1.165) is 11.1 Å². The van der Waals surface area contributed by atoms with Crippen LogP contribution in [0.1, 0.15) is 11.1 Å². The molecule has 0 spiro atoms. The summed E-state index contributed by atoms with van der Waals surface area (Å²) >= 11 is 12.4. The number of methoxy groups -OCH3 is 1. The number of rotatable bonds is 5. The van der Waals surface area contributed by atoms with Gasteiger partial charge in [-0.05, 0) is 18.2 Å². The van der Waals surface area contributed by atoms with Crippen LogP contribution in [0.3, 0.4) is 0 Å². The smallest absolute Gasteiger partial charge is 0.263 e. The van der Waals surface area contributed by atoms with Crippen molar-refractivity contribution >= 4 is 51.9 Å². The van der Waals surface area contributed by atoms with Crippen molar-refractivity contribution in [3.8, 4) is 11.5 Å². The number of hydrogen-bond donors (Lipinski definition) is 1. The van der Waals surface area contributed by atoms with Gasteiger partial charge < -0.3 is 14.8 Å². The van der Waals surface area contributed by atoms with Crippen LogP contribution in [0.5, 0.6) is 11.5 Å². The van der Waals surface area contributed by atoms with Gasteiger partial charge in [-0.3, -0.25) is 4.79 Å². The number of thiocarbonyl (C=S) groups is 1. The minimum absolute atomic E-state index is 0.213. The molecule has 0 atom stereocenters. The molecule has 0 radical (unpaired) electrons. The Kier molecular flexibility index (Phi) is 5.63. The number of nitrogens with one attached hydrogen (secondary N) is 1. The predicted octanol–water partition coefficient (Wildman–Crippen LogP) is 4.42. The van der Waals surface area contributed by atoms with Crippen molar-refractivity contribution in [2.24, 2.45) is 0 Å². The molecule has 128 valence electrons. The van der Waals surface area contributed by atoms with E-state index in [-0.39, 0.29) is 12.5 Å². The van der Waals surface area contributed by atoms with Gasteiger partial charge in [0.25, 0.3) is 5.91 Å². The Bertz CT molecular complexity index is 867. The molecular weight excluding hydrogens is 378 g/mol. The molecule has 25 heavy (non-hydrogen) atoms. The topological polar surface area (TPSA) is 47.6 Å². The van der Waals surface area contributed by atoms with Crippen molar-refractivity contribution in [1.82, 2.24) is 5.32 Å². The van der Waals surface area contributed by atoms with Gasteiger partial charge in [-0.15, -0.1) is 0 Å². The lowest BCUT2D eigenvalue weighted by atomic mass is 10.1. The van der Waals surface area contributed by atoms with Gasteiger partial charge in [0.2, 0.25) is 0 Å². The Labute approximate surface area is 160 Å². The highest BCUT2D eigenvalue weighted by atomic mass is 35.5. The molecule has 0 aromatic heterocycles. The fraction of sp³-hybridized carbons (Fsp3) is 0.111. The van der Waals surface area contributed by atoms with Crippen LogP contribution >= 0.6 is 35.6 Å². The fourth-order valence-electron chi connectivity index (χ4n) is 2.29. The van der Waals surface area contributed by atoms with E-state index >= 15 is 0 Å². The zero-order valence-electron chi connectivity index (χ0n) is 13.2. The summed E-state index contributed by atoms with van der Waals surface area (Å²) in [6, 6.07) is 13.0. The molecule has 4 nitrogen and oxygen atoms in total. The lowest BCUT2D eigenvalue weighted by molar-refractivity contribution is -0.115. The number of hydrogen-bond acceptors (Lipinski definition) is 5. The van der Waals surface area contributed by atoms with Crippen LogP contribution < -0.4 is 14.8 Å². The van der Waals surface area contributed by atoms with E-state index < -0.39 is 0 Å². The quantitative estimate of drug-likeness (QED) is 0.604. The Balaban J connectivity index is 1.92. The summed E-state index contributed by atoms with van der Waals surface area (Å²) in [7, 11) is 1.57. The van der Waals surface area contributed by atoms with Gasteiger partial charge in [0.15, 0.2) is 11.5 Å². The third kappa shape index (κ3) is 4.15. The number of halogens is 1. The molecule has 2 aromatic rings. The van der Waals surface area contributed by atoms with Crippen LogP contribution in [0.2, 0.25) is 5.02 Å². The number of benzene rings is 2. The van der Waals surface area contributed by atoms with E-state index in [1.165, 1.54) is 11.8 Å². The van der Waals surface area contributed by atoms with Crippen molar-refractivity contribution < 1.29 is 14.3 Å². The summed E-state index contributed by atoms with van der Waals surface area (Å²) in [6.07, 6.45) is 1.74. The maximum absolute atomic E-state index is 11.9. The summed E-state index contributed by atoms with van der Waals surface area (Å²) in [5.41, 5.74) is 1.59. The molecule has 1 fully saturated rings. The summed E-state index contributed by atoms with van der Waals surface area (Å²) in [5, 5.41) is 3.23. The Morgan fingerprint density at radius 2 is 2.04 bits per heavy atom. The number of carbonyl (C=O) groups is 1. The van der Waals surface area contributed by atoms with E-state index in [9.17, 15) is 4.79 Å². The number of amides is 1. The van der Waals surface area contributed by atoms with Crippen molar-refractivity contribution in [2.75, 3.05) is 7.11 Å². The SMILES string of the molecule is COc1cccc(/C=C2\SC(=S)NC2=O)c1OCc1ccccc1Cl. The van der Waals surface area contributed by atoms with Gasteiger partial charge in [-0.2, -0.15) is 0 Å². The number of ether oxygens (including phenoxy) is 2. The Hall–Kier alpha value is -2.02. The zero-order chi connectivity index (χ0) is 17.8. The minimum Gasteiger partial charge on any atom is -0.493 e. The molecule has 0 bridgehead atoms. The van der Waals surface area contributed by atoms with Gasteiger partial charge in [-0.1, -0.05) is 65.9 Å². The first kappa shape index (κ1) is 17.8. The maximum Gasteiger partial charge on any atom is 0.263 e. The van der Waals surface area contributed by atoms with Crippen molar-refractivity contribution in [3.63, 3.8) is 0 Å². The van der Waals surface area contributed by atoms with Gasteiger partial charge >= 0.3 is 0 Å². The highest BCUT2D eigenvalue weighted by Crippen LogP contribution is 2.36. The van der Waals surface area contributed by atoms with Crippen LogP contribution in [0.15, 0.2) is 47.4 Å². The Morgan fingerprint density at radius 3 is 2.72 bits per heavy atom. The molecule has 0 unspecified atom stereocenters.